The Kier molecular flexibility index (Phi) is 8.16. The van der Waals surface area contributed by atoms with Gasteiger partial charge in [-0.1, -0.05) is 0 Å². The molecule has 0 saturated heterocycles. The van der Waals surface area contributed by atoms with Crippen molar-refractivity contribution in [3.05, 3.63) is 28.6 Å². The van der Waals surface area contributed by atoms with Crippen molar-refractivity contribution in [2.24, 2.45) is 12.0 Å². The number of aromatic nitrogens is 5. The largest absolute Gasteiger partial charge is 0.368 e. The van der Waals surface area contributed by atoms with Crippen LogP contribution in [0, 0.1) is 6.92 Å². The molecular formula is C16H24IN9S. The number of halogens is 1. The molecule has 3 N–H and O–H groups in total. The molecule has 0 amide bonds. The third kappa shape index (κ3) is 5.73. The Morgan fingerprint density at radius 2 is 2.04 bits per heavy atom. The first-order valence-electron chi connectivity index (χ1n) is 8.47. The normalized spacial score (nSPS) is 11.3. The molecule has 0 fully saturated rings. The average Bonchev–Trinajstić information content (AvgIpc) is 3.23. The van der Waals surface area contributed by atoms with Gasteiger partial charge >= 0.3 is 0 Å². The summed E-state index contributed by atoms with van der Waals surface area (Å²) in [6.45, 7) is 6.87. The molecule has 3 aromatic rings. The number of hydrogen-bond donors (Lipinski definition) is 3. The van der Waals surface area contributed by atoms with E-state index in [-0.39, 0.29) is 24.0 Å². The molecule has 9 nitrogen and oxygen atoms in total. The van der Waals surface area contributed by atoms with E-state index in [4.69, 9.17) is 0 Å². The molecule has 0 bridgehead atoms. The van der Waals surface area contributed by atoms with E-state index in [9.17, 15) is 0 Å². The van der Waals surface area contributed by atoms with E-state index in [1.165, 1.54) is 4.88 Å². The summed E-state index contributed by atoms with van der Waals surface area (Å²) in [6.07, 6.45) is 5.19. The fourth-order valence-electron chi connectivity index (χ4n) is 2.43. The summed E-state index contributed by atoms with van der Waals surface area (Å²) >= 11 is 1.67. The predicted octanol–water partition coefficient (Wildman–Crippen LogP) is 1.91. The number of aliphatic imine (C=N–C) groups is 1. The minimum atomic E-state index is 0. The molecular weight excluding hydrogens is 477 g/mol. The van der Waals surface area contributed by atoms with Gasteiger partial charge in [-0.3, -0.25) is 4.68 Å². The lowest BCUT2D eigenvalue weighted by atomic mass is 10.4. The highest BCUT2D eigenvalue weighted by Gasteiger charge is 2.07. The van der Waals surface area contributed by atoms with Crippen LogP contribution in [0.3, 0.4) is 0 Å². The molecule has 0 unspecified atom stereocenters. The fourth-order valence-corrected chi connectivity index (χ4v) is 3.14. The zero-order valence-corrected chi connectivity index (χ0v) is 18.7. The number of anilines is 1. The topological polar surface area (TPSA) is 105 Å². The first-order valence-corrected chi connectivity index (χ1v) is 9.29. The standard InChI is InChI=1S/C16H23N9S.HI/c1-4-17-16(21-9-13-20-7-11(2)26-13)19-6-5-18-14-12-8-24-25(3)15(12)23-10-22-14;/h7-8,10H,4-6,9H2,1-3H3,(H2,17,19,21)(H,18,22,23);1H. The molecule has 0 atom stereocenters. The third-order valence-electron chi connectivity index (χ3n) is 3.63. The minimum absolute atomic E-state index is 0. The molecule has 0 aliphatic heterocycles. The Labute approximate surface area is 179 Å². The van der Waals surface area contributed by atoms with E-state index in [2.05, 4.69) is 41.0 Å². The van der Waals surface area contributed by atoms with E-state index >= 15 is 0 Å². The van der Waals surface area contributed by atoms with Crippen LogP contribution in [0.2, 0.25) is 0 Å². The van der Waals surface area contributed by atoms with Crippen LogP contribution >= 0.6 is 35.3 Å². The number of aryl methyl sites for hydroxylation is 2. The number of nitrogens with one attached hydrogen (secondary N) is 3. The van der Waals surface area contributed by atoms with Crippen molar-refractivity contribution in [2.45, 2.75) is 20.4 Å². The van der Waals surface area contributed by atoms with Crippen LogP contribution in [0.5, 0.6) is 0 Å². The predicted molar refractivity (Wildman–Crippen MR) is 120 cm³/mol. The van der Waals surface area contributed by atoms with Gasteiger partial charge in [0.1, 0.15) is 17.2 Å². The van der Waals surface area contributed by atoms with Gasteiger partial charge in [0.2, 0.25) is 0 Å². The Bertz CT molecular complexity index is 889. The van der Waals surface area contributed by atoms with Crippen molar-refractivity contribution >= 4 is 58.1 Å². The second kappa shape index (κ2) is 10.3. The van der Waals surface area contributed by atoms with Gasteiger partial charge in [-0.2, -0.15) is 5.10 Å². The van der Waals surface area contributed by atoms with Gasteiger partial charge in [-0.15, -0.1) is 35.3 Å². The van der Waals surface area contributed by atoms with E-state index in [1.807, 2.05) is 27.1 Å². The monoisotopic (exact) mass is 501 g/mol. The first kappa shape index (κ1) is 21.3. The summed E-state index contributed by atoms with van der Waals surface area (Å²) in [6, 6.07) is 0. The summed E-state index contributed by atoms with van der Waals surface area (Å²) < 4.78 is 1.73. The zero-order chi connectivity index (χ0) is 18.4. The van der Waals surface area contributed by atoms with E-state index in [1.54, 1.807) is 28.5 Å². The quantitative estimate of drug-likeness (QED) is 0.197. The number of hydrogen-bond acceptors (Lipinski definition) is 7. The molecule has 0 aromatic carbocycles. The second-order valence-corrected chi connectivity index (χ2v) is 6.96. The maximum Gasteiger partial charge on any atom is 0.191 e. The van der Waals surface area contributed by atoms with Crippen molar-refractivity contribution in [1.29, 1.82) is 0 Å². The molecule has 0 aliphatic carbocycles. The van der Waals surface area contributed by atoms with Gasteiger partial charge in [0.15, 0.2) is 11.6 Å². The van der Waals surface area contributed by atoms with Gasteiger partial charge in [-0.25, -0.2) is 19.9 Å². The van der Waals surface area contributed by atoms with Gasteiger partial charge in [0, 0.05) is 37.8 Å². The zero-order valence-electron chi connectivity index (χ0n) is 15.6. The summed E-state index contributed by atoms with van der Waals surface area (Å²) in [4.78, 5) is 18.6. The SMILES string of the molecule is CCNC(=NCc1ncc(C)s1)NCCNc1ncnc2c1cnn2C.I. The van der Waals surface area contributed by atoms with Crippen LogP contribution in [0.15, 0.2) is 23.7 Å². The van der Waals surface area contributed by atoms with Crippen LogP contribution in [0.4, 0.5) is 5.82 Å². The Morgan fingerprint density at radius 3 is 2.78 bits per heavy atom. The minimum Gasteiger partial charge on any atom is -0.368 e. The van der Waals surface area contributed by atoms with Crippen LogP contribution in [-0.2, 0) is 13.6 Å². The van der Waals surface area contributed by atoms with E-state index in [0.29, 0.717) is 19.6 Å². The van der Waals surface area contributed by atoms with Crippen molar-refractivity contribution in [3.8, 4) is 0 Å². The molecule has 3 aromatic heterocycles. The van der Waals surface area contributed by atoms with Gasteiger partial charge in [0.05, 0.1) is 18.1 Å². The van der Waals surface area contributed by atoms with Crippen LogP contribution in [-0.4, -0.2) is 50.3 Å². The van der Waals surface area contributed by atoms with Crippen molar-refractivity contribution in [1.82, 2.24) is 35.4 Å². The first-order chi connectivity index (χ1) is 12.7. The lowest BCUT2D eigenvalue weighted by Gasteiger charge is -2.12. The highest BCUT2D eigenvalue weighted by atomic mass is 127. The van der Waals surface area contributed by atoms with E-state index in [0.717, 1.165) is 34.4 Å². The van der Waals surface area contributed by atoms with Crippen molar-refractivity contribution < 1.29 is 0 Å². The Morgan fingerprint density at radius 1 is 1.19 bits per heavy atom. The molecule has 11 heteroatoms. The number of thiazole rings is 1. The number of rotatable bonds is 7. The highest BCUT2D eigenvalue weighted by molar-refractivity contribution is 14.0. The lowest BCUT2D eigenvalue weighted by molar-refractivity contribution is 0.785. The molecule has 146 valence electrons. The summed E-state index contributed by atoms with van der Waals surface area (Å²) in [5.74, 6) is 1.56. The third-order valence-corrected chi connectivity index (χ3v) is 4.52. The maximum absolute atomic E-state index is 4.57. The van der Waals surface area contributed by atoms with Gasteiger partial charge in [-0.05, 0) is 13.8 Å². The molecule has 0 saturated carbocycles. The smallest absolute Gasteiger partial charge is 0.191 e. The van der Waals surface area contributed by atoms with Crippen molar-refractivity contribution in [3.63, 3.8) is 0 Å². The fraction of sp³-hybridized carbons (Fsp3) is 0.438. The van der Waals surface area contributed by atoms with E-state index < -0.39 is 0 Å². The Balaban J connectivity index is 0.00000261. The van der Waals surface area contributed by atoms with Gasteiger partial charge < -0.3 is 16.0 Å². The average molecular weight is 501 g/mol. The van der Waals surface area contributed by atoms with Crippen LogP contribution in [0.25, 0.3) is 11.0 Å². The summed E-state index contributed by atoms with van der Waals surface area (Å²) in [5.41, 5.74) is 0.809. The molecule has 0 radical (unpaired) electrons. The molecule has 3 rings (SSSR count). The number of nitrogens with zero attached hydrogens (tertiary/aromatic N) is 6. The lowest BCUT2D eigenvalue weighted by Crippen LogP contribution is -2.39. The molecule has 27 heavy (non-hydrogen) atoms. The number of fused-ring (bicyclic) bond motifs is 1. The van der Waals surface area contributed by atoms with Crippen LogP contribution in [0.1, 0.15) is 16.8 Å². The molecule has 0 spiro atoms. The molecule has 3 heterocycles. The summed E-state index contributed by atoms with van der Waals surface area (Å²) in [7, 11) is 1.86. The summed E-state index contributed by atoms with van der Waals surface area (Å²) in [5, 5.41) is 16.0. The van der Waals surface area contributed by atoms with Gasteiger partial charge in [0.25, 0.3) is 0 Å². The highest BCUT2D eigenvalue weighted by Crippen LogP contribution is 2.17. The van der Waals surface area contributed by atoms with Crippen molar-refractivity contribution in [2.75, 3.05) is 25.0 Å². The second-order valence-electron chi connectivity index (χ2n) is 5.64. The number of guanidine groups is 1. The maximum atomic E-state index is 4.57. The van der Waals surface area contributed by atoms with Crippen LogP contribution < -0.4 is 16.0 Å². The Hall–Kier alpha value is -2.02. The molecule has 0 aliphatic rings.